The van der Waals surface area contributed by atoms with Crippen LogP contribution in [0.25, 0.3) is 0 Å². The summed E-state index contributed by atoms with van der Waals surface area (Å²) in [7, 11) is 0. The second-order valence-electron chi connectivity index (χ2n) is 6.31. The van der Waals surface area contributed by atoms with Gasteiger partial charge in [-0.3, -0.25) is 0 Å². The molecule has 1 aliphatic heterocycles. The molecule has 1 heterocycles. The van der Waals surface area contributed by atoms with E-state index in [0.29, 0.717) is 62.7 Å². The predicted octanol–water partition coefficient (Wildman–Crippen LogP) is 4.39. The Hall–Kier alpha value is -1.86. The molecular formula is C20H26Cl2N4O2. The lowest BCUT2D eigenvalue weighted by Crippen LogP contribution is -2.18. The van der Waals surface area contributed by atoms with Gasteiger partial charge < -0.3 is 30.7 Å². The van der Waals surface area contributed by atoms with Gasteiger partial charge in [-0.1, -0.05) is 23.2 Å². The van der Waals surface area contributed by atoms with Gasteiger partial charge in [-0.2, -0.15) is 0 Å². The molecule has 0 bridgehead atoms. The van der Waals surface area contributed by atoms with Crippen LogP contribution in [0, 0.1) is 0 Å². The SMILES string of the molecule is Clc1ccc2c(c1)NCCOCCNc1cc(Cl)ccc1NCCOCCN2. The molecule has 0 spiro atoms. The van der Waals surface area contributed by atoms with E-state index in [1.54, 1.807) is 0 Å². The molecule has 0 fully saturated rings. The molecule has 1 aliphatic rings. The quantitative estimate of drug-likeness (QED) is 0.502. The number of fused-ring (bicyclic) bond motifs is 2. The molecule has 0 aromatic heterocycles. The largest absolute Gasteiger partial charge is 0.381 e. The van der Waals surface area contributed by atoms with Crippen LogP contribution < -0.4 is 21.3 Å². The van der Waals surface area contributed by atoms with Crippen molar-refractivity contribution < 1.29 is 9.47 Å². The summed E-state index contributed by atoms with van der Waals surface area (Å²) < 4.78 is 11.4. The molecule has 4 N–H and O–H groups in total. The number of halogens is 2. The van der Waals surface area contributed by atoms with E-state index in [2.05, 4.69) is 21.3 Å². The van der Waals surface area contributed by atoms with Gasteiger partial charge in [0.2, 0.25) is 0 Å². The predicted molar refractivity (Wildman–Crippen MR) is 119 cm³/mol. The topological polar surface area (TPSA) is 66.6 Å². The molecular weight excluding hydrogens is 399 g/mol. The molecule has 0 unspecified atom stereocenters. The van der Waals surface area contributed by atoms with Gasteiger partial charge in [-0.15, -0.1) is 0 Å². The maximum atomic E-state index is 6.13. The first-order valence-corrected chi connectivity index (χ1v) is 10.2. The van der Waals surface area contributed by atoms with Gasteiger partial charge in [0.15, 0.2) is 0 Å². The molecule has 0 aliphatic carbocycles. The summed E-state index contributed by atoms with van der Waals surface area (Å²) in [4.78, 5) is 0. The molecule has 0 saturated heterocycles. The number of hydrogen-bond donors (Lipinski definition) is 4. The molecule has 0 radical (unpaired) electrons. The van der Waals surface area contributed by atoms with Crippen molar-refractivity contribution in [1.82, 2.24) is 0 Å². The zero-order valence-corrected chi connectivity index (χ0v) is 17.2. The Kier molecular flexibility index (Phi) is 8.36. The van der Waals surface area contributed by atoms with Crippen LogP contribution in [0.5, 0.6) is 0 Å². The zero-order valence-electron chi connectivity index (χ0n) is 15.7. The highest BCUT2D eigenvalue weighted by Gasteiger charge is 2.05. The summed E-state index contributed by atoms with van der Waals surface area (Å²) in [6, 6.07) is 11.5. The number of nitrogens with one attached hydrogen (secondary N) is 4. The highest BCUT2D eigenvalue weighted by molar-refractivity contribution is 6.31. The van der Waals surface area contributed by atoms with Crippen LogP contribution in [0.2, 0.25) is 10.0 Å². The van der Waals surface area contributed by atoms with E-state index in [1.807, 2.05) is 36.4 Å². The maximum absolute atomic E-state index is 6.13. The van der Waals surface area contributed by atoms with Crippen LogP contribution in [-0.4, -0.2) is 52.6 Å². The second-order valence-corrected chi connectivity index (χ2v) is 7.18. The summed E-state index contributed by atoms with van der Waals surface area (Å²) in [6.45, 7) is 5.21. The van der Waals surface area contributed by atoms with E-state index in [1.165, 1.54) is 0 Å². The number of ether oxygens (including phenoxy) is 2. The fourth-order valence-electron chi connectivity index (χ4n) is 2.87. The molecule has 28 heavy (non-hydrogen) atoms. The first kappa shape index (κ1) is 20.9. The smallest absolute Gasteiger partial charge is 0.0639 e. The molecule has 152 valence electrons. The first-order chi connectivity index (χ1) is 13.7. The normalized spacial score (nSPS) is 16.6. The summed E-state index contributed by atoms with van der Waals surface area (Å²) in [5, 5.41) is 14.9. The van der Waals surface area contributed by atoms with Gasteiger partial charge in [0, 0.05) is 36.2 Å². The Bertz CT molecular complexity index is 699. The van der Waals surface area contributed by atoms with Gasteiger partial charge in [-0.25, -0.2) is 0 Å². The Labute approximate surface area is 175 Å². The maximum Gasteiger partial charge on any atom is 0.0639 e. The number of rotatable bonds is 0. The Balaban J connectivity index is 1.60. The summed E-state index contributed by atoms with van der Waals surface area (Å²) in [5.41, 5.74) is 3.92. The average Bonchev–Trinajstić information content (AvgIpc) is 2.68. The van der Waals surface area contributed by atoms with E-state index in [4.69, 9.17) is 32.7 Å². The molecule has 3 rings (SSSR count). The number of anilines is 4. The standard InChI is InChI=1S/C20H26Cl2N4O2/c21-15-1-3-17-19(13-15)25-7-11-28-12-8-26-20-14-16(22)2-4-18(20)24-6-10-27-9-5-23-17/h1-4,13-14,23-26H,5-12H2. The van der Waals surface area contributed by atoms with Crippen molar-refractivity contribution in [3.05, 3.63) is 46.4 Å². The molecule has 0 saturated carbocycles. The van der Waals surface area contributed by atoms with Crippen molar-refractivity contribution in [1.29, 1.82) is 0 Å². The van der Waals surface area contributed by atoms with E-state index >= 15 is 0 Å². The third-order valence-corrected chi connectivity index (χ3v) is 4.68. The van der Waals surface area contributed by atoms with Crippen LogP contribution in [-0.2, 0) is 9.47 Å². The minimum atomic E-state index is 0.595. The van der Waals surface area contributed by atoms with Crippen LogP contribution >= 0.6 is 23.2 Å². The number of hydrogen-bond acceptors (Lipinski definition) is 6. The van der Waals surface area contributed by atoms with Crippen LogP contribution in [0.15, 0.2) is 36.4 Å². The van der Waals surface area contributed by atoms with Gasteiger partial charge in [0.05, 0.1) is 49.2 Å². The third kappa shape index (κ3) is 6.63. The molecule has 0 atom stereocenters. The van der Waals surface area contributed by atoms with E-state index in [0.717, 1.165) is 22.7 Å². The van der Waals surface area contributed by atoms with Crippen molar-refractivity contribution >= 4 is 46.0 Å². The lowest BCUT2D eigenvalue weighted by atomic mass is 10.2. The first-order valence-electron chi connectivity index (χ1n) is 9.42. The highest BCUT2D eigenvalue weighted by atomic mass is 35.5. The van der Waals surface area contributed by atoms with Crippen LogP contribution in [0.4, 0.5) is 22.7 Å². The Morgan fingerprint density at radius 1 is 0.536 bits per heavy atom. The second kappa shape index (κ2) is 11.2. The van der Waals surface area contributed by atoms with Crippen molar-refractivity contribution in [2.24, 2.45) is 0 Å². The zero-order chi connectivity index (χ0) is 19.6. The summed E-state index contributed by atoms with van der Waals surface area (Å²) >= 11 is 12.3. The van der Waals surface area contributed by atoms with Gasteiger partial charge in [-0.05, 0) is 36.4 Å². The lowest BCUT2D eigenvalue weighted by molar-refractivity contribution is 0.153. The molecule has 0 amide bonds. The number of benzene rings is 2. The van der Waals surface area contributed by atoms with E-state index < -0.39 is 0 Å². The summed E-state index contributed by atoms with van der Waals surface area (Å²) in [5.74, 6) is 0. The average molecular weight is 425 g/mol. The van der Waals surface area contributed by atoms with Gasteiger partial charge >= 0.3 is 0 Å². The van der Waals surface area contributed by atoms with E-state index in [9.17, 15) is 0 Å². The highest BCUT2D eigenvalue weighted by Crippen LogP contribution is 2.26. The minimum absolute atomic E-state index is 0.595. The third-order valence-electron chi connectivity index (χ3n) is 4.21. The fourth-order valence-corrected chi connectivity index (χ4v) is 3.21. The molecule has 6 nitrogen and oxygen atoms in total. The van der Waals surface area contributed by atoms with Crippen molar-refractivity contribution in [2.45, 2.75) is 0 Å². The van der Waals surface area contributed by atoms with Crippen LogP contribution in [0.1, 0.15) is 0 Å². The minimum Gasteiger partial charge on any atom is -0.381 e. The lowest BCUT2D eigenvalue weighted by Gasteiger charge is -2.17. The van der Waals surface area contributed by atoms with E-state index in [-0.39, 0.29) is 0 Å². The molecule has 8 heteroatoms. The molecule has 2 aromatic rings. The summed E-state index contributed by atoms with van der Waals surface area (Å²) in [6.07, 6.45) is 0. The Morgan fingerprint density at radius 3 is 1.29 bits per heavy atom. The fraction of sp³-hybridized carbons (Fsp3) is 0.400. The van der Waals surface area contributed by atoms with Crippen LogP contribution in [0.3, 0.4) is 0 Å². The van der Waals surface area contributed by atoms with Crippen molar-refractivity contribution in [2.75, 3.05) is 73.9 Å². The molecule has 2 aromatic carbocycles. The monoisotopic (exact) mass is 424 g/mol. The van der Waals surface area contributed by atoms with Gasteiger partial charge in [0.1, 0.15) is 0 Å². The van der Waals surface area contributed by atoms with Crippen molar-refractivity contribution in [3.8, 4) is 0 Å². The van der Waals surface area contributed by atoms with Gasteiger partial charge in [0.25, 0.3) is 0 Å². The van der Waals surface area contributed by atoms with Crippen molar-refractivity contribution in [3.63, 3.8) is 0 Å². The Morgan fingerprint density at radius 2 is 0.893 bits per heavy atom.